The summed E-state index contributed by atoms with van der Waals surface area (Å²) in [5.74, 6) is 1.17. The largest absolute Gasteiger partial charge is 0.328 e. The van der Waals surface area contributed by atoms with Gasteiger partial charge in [0, 0.05) is 12.1 Å². The quantitative estimate of drug-likeness (QED) is 0.142. The number of rotatable bonds is 23. The highest BCUT2D eigenvalue weighted by Gasteiger charge is 2.38. The number of alkyl halides is 1. The molecule has 0 spiro atoms. The van der Waals surface area contributed by atoms with Crippen molar-refractivity contribution in [2.45, 2.75) is 162 Å². The lowest BCUT2D eigenvalue weighted by atomic mass is 9.75. The molecular weight excluding hydrogens is 455 g/mol. The monoisotopic (exact) mass is 518 g/mol. The van der Waals surface area contributed by atoms with Crippen molar-refractivity contribution in [1.29, 1.82) is 0 Å². The molecule has 6 unspecified atom stereocenters. The summed E-state index contributed by atoms with van der Waals surface area (Å²) in [6.45, 7) is 11.2. The van der Waals surface area contributed by atoms with Crippen molar-refractivity contribution in [1.82, 2.24) is 0 Å². The molecule has 0 bridgehead atoms. The third-order valence-electron chi connectivity index (χ3n) is 8.71. The average Bonchev–Trinajstić information content (AvgIpc) is 2.88. The van der Waals surface area contributed by atoms with E-state index in [9.17, 15) is 0 Å². The van der Waals surface area contributed by atoms with Gasteiger partial charge in [-0.2, -0.15) is 0 Å². The molecule has 0 saturated carbocycles. The molecule has 1 rings (SSSR count). The van der Waals surface area contributed by atoms with Gasteiger partial charge in [-0.25, -0.2) is 4.39 Å². The predicted octanol–water partition coefficient (Wildman–Crippen LogP) is 10.1. The highest BCUT2D eigenvalue weighted by atomic mass is 19.1. The molecule has 0 aliphatic rings. The second-order valence-electron chi connectivity index (χ2n) is 12.5. The van der Waals surface area contributed by atoms with E-state index >= 15 is 4.39 Å². The summed E-state index contributed by atoms with van der Waals surface area (Å²) in [7, 11) is 0. The molecule has 0 fully saturated rings. The number of nitrogens with two attached hydrogens (primary N) is 2. The topological polar surface area (TPSA) is 52.0 Å². The zero-order valence-electron chi connectivity index (χ0n) is 25.3. The normalized spacial score (nSPS) is 17.6. The average molecular weight is 519 g/mol. The number of hydrogen-bond acceptors (Lipinski definition) is 2. The molecule has 1 aromatic rings. The van der Waals surface area contributed by atoms with E-state index in [0.29, 0.717) is 24.7 Å². The molecule has 1 aromatic carbocycles. The molecule has 0 aromatic heterocycles. The Morgan fingerprint density at radius 3 is 1.78 bits per heavy atom. The van der Waals surface area contributed by atoms with Crippen LogP contribution in [0.1, 0.15) is 149 Å². The van der Waals surface area contributed by atoms with Crippen LogP contribution in [0.15, 0.2) is 30.3 Å². The maximum absolute atomic E-state index is 16.7. The van der Waals surface area contributed by atoms with Crippen LogP contribution in [0.2, 0.25) is 0 Å². The standard InChI is InChI=1S/C34H63FN2/c1-6-8-9-10-11-12-13-14-15-19-22-32(36)27-33(37)23-24-34(35,31-20-17-16-18-21-31)30(5)26-29(4)25-28(3)7-2/h16-18,20-21,28-30,32-33H,6-15,19,22-27,36-37H2,1-5H3. The Hall–Kier alpha value is -0.930. The van der Waals surface area contributed by atoms with Crippen LogP contribution in [0, 0.1) is 17.8 Å². The van der Waals surface area contributed by atoms with Crippen molar-refractivity contribution < 1.29 is 4.39 Å². The van der Waals surface area contributed by atoms with E-state index in [-0.39, 0.29) is 18.0 Å². The van der Waals surface area contributed by atoms with Crippen molar-refractivity contribution in [3.63, 3.8) is 0 Å². The van der Waals surface area contributed by atoms with E-state index < -0.39 is 5.67 Å². The minimum Gasteiger partial charge on any atom is -0.328 e. The summed E-state index contributed by atoms with van der Waals surface area (Å²) in [6, 6.07) is 9.89. The van der Waals surface area contributed by atoms with Crippen LogP contribution in [0.3, 0.4) is 0 Å². The molecule has 0 amide bonds. The van der Waals surface area contributed by atoms with Gasteiger partial charge in [0.25, 0.3) is 0 Å². The molecule has 0 aliphatic carbocycles. The summed E-state index contributed by atoms with van der Waals surface area (Å²) in [5, 5.41) is 0. The van der Waals surface area contributed by atoms with Crippen LogP contribution in [0.5, 0.6) is 0 Å². The number of halogens is 1. The third kappa shape index (κ3) is 14.7. The lowest BCUT2D eigenvalue weighted by molar-refractivity contribution is 0.0558. The maximum Gasteiger partial charge on any atom is 0.138 e. The van der Waals surface area contributed by atoms with Crippen molar-refractivity contribution >= 4 is 0 Å². The van der Waals surface area contributed by atoms with Gasteiger partial charge in [0.1, 0.15) is 5.67 Å². The number of benzene rings is 1. The van der Waals surface area contributed by atoms with E-state index in [1.165, 1.54) is 77.0 Å². The van der Waals surface area contributed by atoms with E-state index in [4.69, 9.17) is 11.5 Å². The van der Waals surface area contributed by atoms with Gasteiger partial charge < -0.3 is 11.5 Å². The fourth-order valence-electron chi connectivity index (χ4n) is 6.04. The summed E-state index contributed by atoms with van der Waals surface area (Å²) in [4.78, 5) is 0. The highest BCUT2D eigenvalue weighted by molar-refractivity contribution is 5.23. The lowest BCUT2D eigenvalue weighted by Gasteiger charge is -2.35. The van der Waals surface area contributed by atoms with Gasteiger partial charge in [-0.3, -0.25) is 0 Å². The van der Waals surface area contributed by atoms with Gasteiger partial charge in [-0.05, 0) is 61.8 Å². The summed E-state index contributed by atoms with van der Waals surface area (Å²) >= 11 is 0. The SMILES string of the molecule is CCCCCCCCCCCCC(N)CC(N)CCC(F)(c1ccccc1)C(C)CC(C)CC(C)CC. The Kier molecular flexibility index (Phi) is 18.5. The molecule has 4 N–H and O–H groups in total. The van der Waals surface area contributed by atoms with Gasteiger partial charge in [-0.1, -0.05) is 136 Å². The van der Waals surface area contributed by atoms with Gasteiger partial charge in [0.15, 0.2) is 0 Å². The van der Waals surface area contributed by atoms with Crippen molar-refractivity contribution in [2.75, 3.05) is 0 Å². The van der Waals surface area contributed by atoms with Gasteiger partial charge >= 0.3 is 0 Å². The van der Waals surface area contributed by atoms with Crippen molar-refractivity contribution in [3.8, 4) is 0 Å². The van der Waals surface area contributed by atoms with Gasteiger partial charge in [0.2, 0.25) is 0 Å². The Labute approximate surface area is 230 Å². The fourth-order valence-corrected chi connectivity index (χ4v) is 6.04. The molecular formula is C34H63FN2. The molecule has 37 heavy (non-hydrogen) atoms. The molecule has 0 saturated heterocycles. The number of unbranched alkanes of at least 4 members (excludes halogenated alkanes) is 9. The predicted molar refractivity (Wildman–Crippen MR) is 163 cm³/mol. The lowest BCUT2D eigenvalue weighted by Crippen LogP contribution is -2.35. The molecule has 216 valence electrons. The first-order valence-electron chi connectivity index (χ1n) is 16.0. The summed E-state index contributed by atoms with van der Waals surface area (Å²) in [6.07, 6.45) is 19.6. The zero-order chi connectivity index (χ0) is 27.5. The minimum atomic E-state index is -1.34. The minimum absolute atomic E-state index is 0.0401. The van der Waals surface area contributed by atoms with Crippen LogP contribution in [0.4, 0.5) is 4.39 Å². The van der Waals surface area contributed by atoms with Crippen molar-refractivity contribution in [3.05, 3.63) is 35.9 Å². The van der Waals surface area contributed by atoms with Crippen LogP contribution in [-0.4, -0.2) is 12.1 Å². The second-order valence-corrected chi connectivity index (χ2v) is 12.5. The molecule has 6 atom stereocenters. The smallest absolute Gasteiger partial charge is 0.138 e. The Bertz CT molecular complexity index is 650. The summed E-state index contributed by atoms with van der Waals surface area (Å²) in [5.41, 5.74) is 12.4. The molecule has 2 nitrogen and oxygen atoms in total. The first-order chi connectivity index (χ1) is 17.7. The fraction of sp³-hybridized carbons (Fsp3) is 0.824. The molecule has 0 radical (unpaired) electrons. The van der Waals surface area contributed by atoms with Crippen LogP contribution >= 0.6 is 0 Å². The zero-order valence-corrected chi connectivity index (χ0v) is 25.3. The van der Waals surface area contributed by atoms with E-state index in [2.05, 4.69) is 34.6 Å². The first kappa shape index (κ1) is 34.1. The van der Waals surface area contributed by atoms with E-state index in [1.807, 2.05) is 30.3 Å². The van der Waals surface area contributed by atoms with Gasteiger partial charge in [-0.15, -0.1) is 0 Å². The second kappa shape index (κ2) is 20.0. The third-order valence-corrected chi connectivity index (χ3v) is 8.71. The molecule has 3 heteroatoms. The van der Waals surface area contributed by atoms with Crippen LogP contribution < -0.4 is 11.5 Å². The number of hydrogen-bond donors (Lipinski definition) is 2. The van der Waals surface area contributed by atoms with Crippen LogP contribution in [0.25, 0.3) is 0 Å². The molecule has 0 heterocycles. The summed E-state index contributed by atoms with van der Waals surface area (Å²) < 4.78 is 16.7. The van der Waals surface area contributed by atoms with Crippen molar-refractivity contribution in [2.24, 2.45) is 29.2 Å². The first-order valence-corrected chi connectivity index (χ1v) is 16.0. The molecule has 0 aliphatic heterocycles. The highest BCUT2D eigenvalue weighted by Crippen LogP contribution is 2.42. The van der Waals surface area contributed by atoms with E-state index in [0.717, 1.165) is 24.8 Å². The Balaban J connectivity index is 2.44. The Morgan fingerprint density at radius 2 is 1.22 bits per heavy atom. The van der Waals surface area contributed by atoms with Crippen LogP contribution in [-0.2, 0) is 5.67 Å². The Morgan fingerprint density at radius 1 is 0.676 bits per heavy atom. The maximum atomic E-state index is 16.7. The van der Waals surface area contributed by atoms with Gasteiger partial charge in [0.05, 0.1) is 0 Å². The van der Waals surface area contributed by atoms with E-state index in [1.54, 1.807) is 0 Å².